The number of aromatic nitrogens is 3. The molecule has 1 aliphatic heterocycles. The van der Waals surface area contributed by atoms with Gasteiger partial charge in [-0.15, -0.1) is 5.10 Å². The van der Waals surface area contributed by atoms with Gasteiger partial charge in [-0.3, -0.25) is 0 Å². The number of para-hydroxylation sites is 1. The summed E-state index contributed by atoms with van der Waals surface area (Å²) < 4.78 is 48.8. The molecule has 1 atom stereocenters. The van der Waals surface area contributed by atoms with E-state index in [1.54, 1.807) is 12.1 Å². The molecule has 3 aromatic rings. The van der Waals surface area contributed by atoms with Crippen LogP contribution in [0.5, 0.6) is 5.75 Å². The second kappa shape index (κ2) is 7.93. The number of piperidine rings is 1. The van der Waals surface area contributed by atoms with Gasteiger partial charge in [0.15, 0.2) is 6.23 Å². The van der Waals surface area contributed by atoms with E-state index >= 15 is 0 Å². The fourth-order valence-electron chi connectivity index (χ4n) is 3.74. The molecule has 29 heavy (non-hydrogen) atoms. The average Bonchev–Trinajstić information content (AvgIpc) is 3.16. The highest BCUT2D eigenvalue weighted by Gasteiger charge is 2.36. The summed E-state index contributed by atoms with van der Waals surface area (Å²) in [7, 11) is 0. The number of ether oxygens (including phenoxy) is 1. The van der Waals surface area contributed by atoms with Crippen LogP contribution in [0.2, 0.25) is 0 Å². The van der Waals surface area contributed by atoms with Crippen LogP contribution in [0, 0.1) is 0 Å². The van der Waals surface area contributed by atoms with Gasteiger partial charge in [-0.1, -0.05) is 24.3 Å². The fraction of sp³-hybridized carbons (Fsp3) is 0.429. The van der Waals surface area contributed by atoms with Crippen LogP contribution in [0.15, 0.2) is 42.5 Å². The highest BCUT2D eigenvalue weighted by Crippen LogP contribution is 2.40. The smallest absolute Gasteiger partial charge is 0.420 e. The Labute approximate surface area is 167 Å². The van der Waals surface area contributed by atoms with Crippen LogP contribution < -0.4 is 9.64 Å². The van der Waals surface area contributed by atoms with Gasteiger partial charge >= 0.3 is 6.18 Å². The van der Waals surface area contributed by atoms with Crippen LogP contribution in [-0.2, 0) is 6.18 Å². The van der Waals surface area contributed by atoms with E-state index in [-0.39, 0.29) is 5.75 Å². The Balaban J connectivity index is 1.67. The van der Waals surface area contributed by atoms with Crippen molar-refractivity contribution >= 4 is 16.7 Å². The molecule has 2 heterocycles. The predicted octanol–water partition coefficient (Wildman–Crippen LogP) is 5.43. The Morgan fingerprint density at radius 2 is 1.83 bits per heavy atom. The second-order valence-corrected chi connectivity index (χ2v) is 7.23. The molecule has 1 aromatic heterocycles. The predicted molar refractivity (Wildman–Crippen MR) is 105 cm³/mol. The maximum atomic E-state index is 13.8. The van der Waals surface area contributed by atoms with Gasteiger partial charge in [-0.25, -0.2) is 4.68 Å². The normalized spacial score (nSPS) is 16.2. The lowest BCUT2D eigenvalue weighted by molar-refractivity contribution is -0.139. The third kappa shape index (κ3) is 4.02. The van der Waals surface area contributed by atoms with E-state index < -0.39 is 18.0 Å². The number of rotatable bonds is 5. The maximum absolute atomic E-state index is 13.8. The van der Waals surface area contributed by atoms with Gasteiger partial charge in [0.05, 0.1) is 11.1 Å². The van der Waals surface area contributed by atoms with Gasteiger partial charge in [0, 0.05) is 25.2 Å². The Bertz CT molecular complexity index is 979. The molecule has 1 saturated heterocycles. The molecule has 1 aliphatic rings. The quantitative estimate of drug-likeness (QED) is 0.569. The lowest BCUT2D eigenvalue weighted by Gasteiger charge is -2.30. The first kappa shape index (κ1) is 19.5. The number of nitrogens with zero attached hydrogens (tertiary/aromatic N) is 4. The standard InChI is InChI=1S/C21H23F3N4O/c1-2-20(28-18-9-5-4-8-17(18)25-26-28)29-19-11-10-15(14-16(19)21(22,23)24)27-12-6-3-7-13-27/h4-5,8-11,14,20H,2-3,6-7,12-13H2,1H3. The Hall–Kier alpha value is -2.77. The lowest BCUT2D eigenvalue weighted by atomic mass is 10.1. The van der Waals surface area contributed by atoms with E-state index in [4.69, 9.17) is 4.74 Å². The zero-order valence-electron chi connectivity index (χ0n) is 16.2. The summed E-state index contributed by atoms with van der Waals surface area (Å²) in [6, 6.07) is 11.6. The zero-order valence-corrected chi connectivity index (χ0v) is 16.2. The first-order valence-electron chi connectivity index (χ1n) is 9.90. The number of hydrogen-bond acceptors (Lipinski definition) is 4. The number of halogens is 3. The molecule has 0 spiro atoms. The van der Waals surface area contributed by atoms with Crippen LogP contribution in [0.3, 0.4) is 0 Å². The van der Waals surface area contributed by atoms with E-state index in [9.17, 15) is 13.2 Å². The van der Waals surface area contributed by atoms with Crippen molar-refractivity contribution < 1.29 is 17.9 Å². The first-order chi connectivity index (χ1) is 14.0. The van der Waals surface area contributed by atoms with Crippen molar-refractivity contribution in [1.82, 2.24) is 15.0 Å². The number of hydrogen-bond donors (Lipinski definition) is 0. The van der Waals surface area contributed by atoms with Crippen molar-refractivity contribution in [2.75, 3.05) is 18.0 Å². The van der Waals surface area contributed by atoms with Gasteiger partial charge in [0.2, 0.25) is 0 Å². The number of fused-ring (bicyclic) bond motifs is 1. The molecule has 0 aliphatic carbocycles. The summed E-state index contributed by atoms with van der Waals surface area (Å²) in [6.07, 6.45) is -1.64. The highest BCUT2D eigenvalue weighted by molar-refractivity contribution is 5.73. The minimum absolute atomic E-state index is 0.190. The van der Waals surface area contributed by atoms with E-state index in [0.717, 1.165) is 37.9 Å². The van der Waals surface area contributed by atoms with Gasteiger partial charge < -0.3 is 9.64 Å². The molecule has 154 valence electrons. The molecule has 0 bridgehead atoms. The summed E-state index contributed by atoms with van der Waals surface area (Å²) in [5.41, 5.74) is 1.22. The first-order valence-corrected chi connectivity index (χ1v) is 9.90. The van der Waals surface area contributed by atoms with Crippen LogP contribution in [0.25, 0.3) is 11.0 Å². The summed E-state index contributed by atoms with van der Waals surface area (Å²) >= 11 is 0. The van der Waals surface area contributed by atoms with Gasteiger partial charge in [-0.05, 0) is 49.6 Å². The average molecular weight is 404 g/mol. The van der Waals surface area contributed by atoms with E-state index in [2.05, 4.69) is 10.3 Å². The van der Waals surface area contributed by atoms with E-state index in [0.29, 0.717) is 17.6 Å². The molecule has 4 rings (SSSR count). The molecule has 5 nitrogen and oxygen atoms in total. The molecule has 0 amide bonds. The Morgan fingerprint density at radius 1 is 1.07 bits per heavy atom. The number of anilines is 1. The molecule has 0 radical (unpaired) electrons. The van der Waals surface area contributed by atoms with Crippen molar-refractivity contribution in [3.05, 3.63) is 48.0 Å². The van der Waals surface area contributed by atoms with Gasteiger partial charge in [0.1, 0.15) is 11.3 Å². The van der Waals surface area contributed by atoms with E-state index in [1.807, 2.05) is 30.0 Å². The fourth-order valence-corrected chi connectivity index (χ4v) is 3.74. The van der Waals surface area contributed by atoms with Crippen molar-refractivity contribution in [2.45, 2.75) is 45.0 Å². The van der Waals surface area contributed by atoms with Crippen molar-refractivity contribution in [3.63, 3.8) is 0 Å². The molecule has 0 saturated carbocycles. The number of benzene rings is 2. The van der Waals surface area contributed by atoms with Crippen molar-refractivity contribution in [1.29, 1.82) is 0 Å². The van der Waals surface area contributed by atoms with Gasteiger partial charge in [0.25, 0.3) is 0 Å². The summed E-state index contributed by atoms with van der Waals surface area (Å²) in [5.74, 6) is -0.190. The molecule has 0 N–H and O–H groups in total. The number of alkyl halides is 3. The third-order valence-electron chi connectivity index (χ3n) is 5.25. The largest absolute Gasteiger partial charge is 0.468 e. The minimum atomic E-state index is -4.51. The monoisotopic (exact) mass is 404 g/mol. The van der Waals surface area contributed by atoms with Crippen LogP contribution in [0.1, 0.15) is 44.4 Å². The molecule has 1 fully saturated rings. The molecular formula is C21H23F3N4O. The molecular weight excluding hydrogens is 381 g/mol. The lowest BCUT2D eigenvalue weighted by Crippen LogP contribution is -2.29. The topological polar surface area (TPSA) is 43.2 Å². The van der Waals surface area contributed by atoms with Crippen LogP contribution in [0.4, 0.5) is 18.9 Å². The van der Waals surface area contributed by atoms with Crippen molar-refractivity contribution in [3.8, 4) is 5.75 Å². The second-order valence-electron chi connectivity index (χ2n) is 7.23. The summed E-state index contributed by atoms with van der Waals surface area (Å²) in [4.78, 5) is 2.00. The minimum Gasteiger partial charge on any atom is -0.468 e. The van der Waals surface area contributed by atoms with Gasteiger partial charge in [-0.2, -0.15) is 13.2 Å². The Morgan fingerprint density at radius 3 is 2.55 bits per heavy atom. The maximum Gasteiger partial charge on any atom is 0.420 e. The highest BCUT2D eigenvalue weighted by atomic mass is 19.4. The zero-order chi connectivity index (χ0) is 20.4. The van der Waals surface area contributed by atoms with Crippen LogP contribution >= 0.6 is 0 Å². The molecule has 2 aromatic carbocycles. The Kier molecular flexibility index (Phi) is 5.34. The van der Waals surface area contributed by atoms with Crippen molar-refractivity contribution in [2.24, 2.45) is 0 Å². The third-order valence-corrected chi connectivity index (χ3v) is 5.25. The SMILES string of the molecule is CCC(Oc1ccc(N2CCCCC2)cc1C(F)(F)F)n1nnc2ccccc21. The molecule has 1 unspecified atom stereocenters. The van der Waals surface area contributed by atoms with Crippen LogP contribution in [-0.4, -0.2) is 28.1 Å². The summed E-state index contributed by atoms with van der Waals surface area (Å²) in [6.45, 7) is 3.40. The summed E-state index contributed by atoms with van der Waals surface area (Å²) in [5, 5.41) is 8.18. The van der Waals surface area contributed by atoms with E-state index in [1.165, 1.54) is 16.8 Å². The molecule has 8 heteroatoms.